The quantitative estimate of drug-likeness (QED) is 0.144. The maximum atomic E-state index is 12.8. The highest BCUT2D eigenvalue weighted by Gasteiger charge is 2.29. The lowest BCUT2D eigenvalue weighted by Crippen LogP contribution is -2.37. The molecule has 2 unspecified atom stereocenters. The molecule has 8 heteroatoms. The summed E-state index contributed by atoms with van der Waals surface area (Å²) in [7, 11) is 1.74. The number of allylic oxidation sites excluding steroid dienone is 8. The van der Waals surface area contributed by atoms with Gasteiger partial charge in [0, 0.05) is 36.6 Å². The molecule has 3 aliphatic heterocycles. The maximum Gasteiger partial charge on any atom is 0.175 e. The van der Waals surface area contributed by atoms with E-state index in [0.29, 0.717) is 12.6 Å². The lowest BCUT2D eigenvalue weighted by atomic mass is 9.98. The molecule has 0 saturated carbocycles. The number of imidazole rings is 1. The summed E-state index contributed by atoms with van der Waals surface area (Å²) in [6.45, 7) is 27.8. The highest BCUT2D eigenvalue weighted by Crippen LogP contribution is 2.40. The van der Waals surface area contributed by atoms with Crippen molar-refractivity contribution in [2.45, 2.75) is 121 Å². The van der Waals surface area contributed by atoms with Crippen LogP contribution in [0.4, 0.5) is 4.39 Å². The normalized spacial score (nSPS) is 21.3. The van der Waals surface area contributed by atoms with Gasteiger partial charge in [-0.05, 0) is 112 Å². The van der Waals surface area contributed by atoms with Crippen LogP contribution in [0.25, 0.3) is 16.8 Å². The number of rotatable bonds is 10. The summed E-state index contributed by atoms with van der Waals surface area (Å²) in [4.78, 5) is 16.7. The van der Waals surface area contributed by atoms with Crippen LogP contribution in [0.3, 0.4) is 0 Å². The van der Waals surface area contributed by atoms with Crippen molar-refractivity contribution in [3.8, 4) is 5.75 Å². The highest BCUT2D eigenvalue weighted by molar-refractivity contribution is 5.85. The lowest BCUT2D eigenvalue weighted by Gasteiger charge is -2.38. The fourth-order valence-electron chi connectivity index (χ4n) is 5.97. The molecule has 0 amide bonds. The number of alkyl halides is 1. The molecule has 2 atom stereocenters. The van der Waals surface area contributed by atoms with Crippen molar-refractivity contribution >= 4 is 22.6 Å². The van der Waals surface area contributed by atoms with Gasteiger partial charge in [-0.1, -0.05) is 85.8 Å². The molecule has 0 spiro atoms. The van der Waals surface area contributed by atoms with Crippen molar-refractivity contribution in [2.75, 3.05) is 26.9 Å². The Morgan fingerprint density at radius 2 is 1.89 bits per heavy atom. The van der Waals surface area contributed by atoms with E-state index in [1.807, 2.05) is 46.2 Å². The van der Waals surface area contributed by atoms with Crippen LogP contribution in [-0.4, -0.2) is 58.6 Å². The Morgan fingerprint density at radius 1 is 1.17 bits per heavy atom. The number of aliphatic imine (C=N–C) groups is 1. The topological polar surface area (TPSA) is 68.8 Å². The van der Waals surface area contributed by atoms with E-state index < -0.39 is 6.80 Å². The standard InChI is InChI=1S/C34H43FN6O.C6H12.C4H10.C2H6/c1-6-33-41-15-8-7-10-27(30-20-38-34(39-30)29-11-9-14-36-29)16-23(2)17-31(41)28-13-12-26(18-32(28)42-33)24(3)19-37-25(4)21-40(5)22-35;1-4-5-6(2)3;1-4(2)3;1-2/h8,10,12-13,15-20,29,33,36H,6-7,9,11,14,21-22H2,1-5H3,(H,38,39);4,6H,1,5H2,2-3H3;4H,1-3H3;1-2H3/b15-8?,23-16+,24-19+,27-10+,31-17-,37-25?;;;. The van der Waals surface area contributed by atoms with Gasteiger partial charge in [0.25, 0.3) is 0 Å². The van der Waals surface area contributed by atoms with Gasteiger partial charge in [-0.15, -0.1) is 6.58 Å². The van der Waals surface area contributed by atoms with Crippen molar-refractivity contribution in [1.82, 2.24) is 25.1 Å². The molecular weight excluding hydrogens is 672 g/mol. The first kappa shape index (κ1) is 46.1. The SMILES string of the molecule is C=CCC(C)C.CC.CC(C)C.CCC1Oc2cc(/C(C)=C/N=C(C)CN(C)CF)ccc2/C2=C/C(C)=C/C(c3cnc(C4CCCN4)[nH]3)=C\CC=CN21. The van der Waals surface area contributed by atoms with Crippen molar-refractivity contribution in [3.63, 3.8) is 0 Å². The monoisotopic (exact) mass is 743 g/mol. The number of hydrogen-bond donors (Lipinski definition) is 2. The molecule has 0 bridgehead atoms. The number of ether oxygens (including phenoxy) is 1. The third-order valence-electron chi connectivity index (χ3n) is 8.52. The van der Waals surface area contributed by atoms with Crippen molar-refractivity contribution in [3.05, 3.63) is 102 Å². The molecule has 4 heterocycles. The molecule has 1 saturated heterocycles. The number of H-pyrrole nitrogens is 1. The summed E-state index contributed by atoms with van der Waals surface area (Å²) < 4.78 is 19.4. The molecule has 1 aromatic carbocycles. The van der Waals surface area contributed by atoms with Gasteiger partial charge in [0.2, 0.25) is 0 Å². The van der Waals surface area contributed by atoms with Crippen LogP contribution in [0.1, 0.15) is 137 Å². The number of aromatic nitrogens is 2. The Labute approximate surface area is 328 Å². The zero-order valence-electron chi connectivity index (χ0n) is 35.6. The van der Waals surface area contributed by atoms with E-state index in [0.717, 1.165) is 101 Å². The van der Waals surface area contributed by atoms with E-state index in [1.165, 1.54) is 6.42 Å². The molecule has 1 fully saturated rings. The van der Waals surface area contributed by atoms with Gasteiger partial charge in [-0.25, -0.2) is 9.37 Å². The summed E-state index contributed by atoms with van der Waals surface area (Å²) in [6.07, 6.45) is 21.8. The molecular formula is C46H71FN6O. The van der Waals surface area contributed by atoms with Gasteiger partial charge >= 0.3 is 0 Å². The summed E-state index contributed by atoms with van der Waals surface area (Å²) in [5, 5.41) is 3.53. The molecule has 7 nitrogen and oxygen atoms in total. The first-order chi connectivity index (χ1) is 25.9. The molecule has 0 radical (unpaired) electrons. The van der Waals surface area contributed by atoms with E-state index in [4.69, 9.17) is 9.72 Å². The average molecular weight is 743 g/mol. The van der Waals surface area contributed by atoms with Crippen molar-refractivity contribution < 1.29 is 9.13 Å². The van der Waals surface area contributed by atoms with Gasteiger partial charge in [0.15, 0.2) is 6.23 Å². The molecule has 1 aromatic heterocycles. The smallest absolute Gasteiger partial charge is 0.175 e. The lowest BCUT2D eigenvalue weighted by molar-refractivity contribution is 0.0855. The fraction of sp³-hybridized carbons (Fsp3) is 0.522. The van der Waals surface area contributed by atoms with Gasteiger partial charge in [-0.3, -0.25) is 9.89 Å². The number of hydrogen-bond acceptors (Lipinski definition) is 6. The molecule has 5 rings (SSSR count). The Kier molecular flexibility index (Phi) is 20.9. The van der Waals surface area contributed by atoms with Gasteiger partial charge in [0.05, 0.1) is 23.6 Å². The van der Waals surface area contributed by atoms with Crippen molar-refractivity contribution in [1.29, 1.82) is 0 Å². The minimum absolute atomic E-state index is 0.110. The second-order valence-corrected chi connectivity index (χ2v) is 15.1. The van der Waals surface area contributed by atoms with E-state index in [1.54, 1.807) is 11.9 Å². The average Bonchev–Trinajstić information content (AvgIpc) is 3.86. The molecule has 54 heavy (non-hydrogen) atoms. The predicted octanol–water partition coefficient (Wildman–Crippen LogP) is 12.1. The Bertz CT molecular complexity index is 1620. The fourth-order valence-corrected chi connectivity index (χ4v) is 5.97. The molecule has 0 aliphatic carbocycles. The number of halogens is 1. The molecule has 3 aliphatic rings. The summed E-state index contributed by atoms with van der Waals surface area (Å²) >= 11 is 0. The Morgan fingerprint density at radius 3 is 2.48 bits per heavy atom. The zero-order chi connectivity index (χ0) is 40.2. The van der Waals surface area contributed by atoms with E-state index in [-0.39, 0.29) is 6.23 Å². The number of nitrogens with one attached hydrogen (secondary N) is 2. The summed E-state index contributed by atoms with van der Waals surface area (Å²) in [5.41, 5.74) is 8.44. The van der Waals surface area contributed by atoms with E-state index in [9.17, 15) is 4.39 Å². The van der Waals surface area contributed by atoms with Crippen LogP contribution in [0.2, 0.25) is 0 Å². The van der Waals surface area contributed by atoms with Crippen LogP contribution in [0, 0.1) is 11.8 Å². The van der Waals surface area contributed by atoms with Crippen molar-refractivity contribution in [2.24, 2.45) is 16.8 Å². The highest BCUT2D eigenvalue weighted by atomic mass is 19.1. The number of benzene rings is 1. The third kappa shape index (κ3) is 15.0. The summed E-state index contributed by atoms with van der Waals surface area (Å²) in [6, 6.07) is 6.68. The molecule has 298 valence electrons. The molecule has 2 aromatic rings. The second-order valence-electron chi connectivity index (χ2n) is 15.1. The maximum absolute atomic E-state index is 12.8. The minimum atomic E-state index is -0.493. The van der Waals surface area contributed by atoms with Gasteiger partial charge < -0.3 is 19.9 Å². The first-order valence-corrected chi connectivity index (χ1v) is 20.1. The van der Waals surface area contributed by atoms with Crippen LogP contribution in [0.5, 0.6) is 5.75 Å². The second kappa shape index (κ2) is 24.4. The first-order valence-electron chi connectivity index (χ1n) is 20.1. The van der Waals surface area contributed by atoms with Crippen LogP contribution in [-0.2, 0) is 0 Å². The minimum Gasteiger partial charge on any atom is -0.469 e. The largest absolute Gasteiger partial charge is 0.469 e. The number of fused-ring (bicyclic) bond motifs is 3. The summed E-state index contributed by atoms with van der Waals surface area (Å²) in [5.74, 6) is 3.50. The van der Waals surface area contributed by atoms with E-state index in [2.05, 4.69) is 124 Å². The van der Waals surface area contributed by atoms with Gasteiger partial charge in [0.1, 0.15) is 18.4 Å². The molecule has 2 N–H and O–H groups in total. The predicted molar refractivity (Wildman–Crippen MR) is 232 cm³/mol. The van der Waals surface area contributed by atoms with Crippen LogP contribution < -0.4 is 10.1 Å². The Balaban J connectivity index is 0.000000736. The van der Waals surface area contributed by atoms with Gasteiger partial charge in [-0.2, -0.15) is 0 Å². The van der Waals surface area contributed by atoms with E-state index >= 15 is 0 Å². The number of nitrogens with zero attached hydrogens (tertiary/aromatic N) is 4. The zero-order valence-corrected chi connectivity index (χ0v) is 35.6. The van der Waals surface area contributed by atoms with Crippen LogP contribution in [0.15, 0.2) is 84.3 Å². The van der Waals surface area contributed by atoms with Crippen LogP contribution >= 0.6 is 0 Å². The third-order valence-corrected chi connectivity index (χ3v) is 8.52. The Hall–Kier alpha value is -4.01. The number of aromatic amines is 1.